The van der Waals surface area contributed by atoms with Crippen molar-refractivity contribution in [3.8, 4) is 22.4 Å². The molecule has 1 aliphatic rings. The van der Waals surface area contributed by atoms with Gasteiger partial charge in [-0.1, -0.05) is 24.3 Å². The average Bonchev–Trinajstić information content (AvgIpc) is 3.31. The smallest absolute Gasteiger partial charge is 0.316 e. The molecule has 0 bridgehead atoms. The van der Waals surface area contributed by atoms with Gasteiger partial charge in [0.25, 0.3) is 0 Å². The molecule has 0 aliphatic carbocycles. The van der Waals surface area contributed by atoms with Gasteiger partial charge >= 0.3 is 5.69 Å². The molecule has 0 atom stereocenters. The Kier molecular flexibility index (Phi) is 4.36. The number of aromatic amines is 1. The number of imidazole rings is 1. The summed E-state index contributed by atoms with van der Waals surface area (Å²) in [6, 6.07) is 17.3. The van der Waals surface area contributed by atoms with E-state index >= 15 is 0 Å². The van der Waals surface area contributed by atoms with E-state index in [9.17, 15) is 4.79 Å². The van der Waals surface area contributed by atoms with Crippen LogP contribution < -0.4 is 15.7 Å². The summed E-state index contributed by atoms with van der Waals surface area (Å²) in [6.07, 6.45) is 4.32. The number of hydrogen-bond donors (Lipinski definition) is 2. The van der Waals surface area contributed by atoms with Gasteiger partial charge in [-0.25, -0.2) is 4.79 Å². The standard InChI is InChI=1S/C23H25N5O/c1-26-20-9-8-17(14-21(20)27(2)23(26)29)19-15-25-28(18-10-12-24-13-11-18)22(19)16-6-4-3-5-7-16/h3-9,14-15,18,24H,10-13H2,1-2H3/p+1. The third kappa shape index (κ3) is 2.91. The number of nitrogens with zero attached hydrogens (tertiary/aromatic N) is 3. The second-order valence-electron chi connectivity index (χ2n) is 7.86. The number of benzene rings is 2. The second kappa shape index (κ2) is 7.04. The molecule has 148 valence electrons. The van der Waals surface area contributed by atoms with E-state index in [-0.39, 0.29) is 5.69 Å². The van der Waals surface area contributed by atoms with Crippen LogP contribution in [0, 0.1) is 0 Å². The van der Waals surface area contributed by atoms with Crippen LogP contribution in [-0.2, 0) is 14.1 Å². The fraction of sp³-hybridized carbons (Fsp3) is 0.304. The van der Waals surface area contributed by atoms with Crippen LogP contribution in [0.15, 0.2) is 59.5 Å². The fourth-order valence-electron chi connectivity index (χ4n) is 4.53. The van der Waals surface area contributed by atoms with Gasteiger partial charge in [-0.2, -0.15) is 5.10 Å². The SMILES string of the molecule is Cn1c(=O)n(C)c2cc(-c3c[nH][n+](C4CCNCC4)c3-c3ccccc3)ccc21. The van der Waals surface area contributed by atoms with Crippen LogP contribution in [0.5, 0.6) is 0 Å². The van der Waals surface area contributed by atoms with Gasteiger partial charge < -0.3 is 5.32 Å². The van der Waals surface area contributed by atoms with Crippen LogP contribution in [0.3, 0.4) is 0 Å². The van der Waals surface area contributed by atoms with E-state index in [1.54, 1.807) is 9.13 Å². The molecule has 6 nitrogen and oxygen atoms in total. The third-order valence-corrected chi connectivity index (χ3v) is 6.15. The molecule has 29 heavy (non-hydrogen) atoms. The quantitative estimate of drug-likeness (QED) is 0.530. The maximum absolute atomic E-state index is 12.3. The van der Waals surface area contributed by atoms with Gasteiger partial charge in [-0.15, -0.1) is 4.68 Å². The Morgan fingerprint density at radius 2 is 1.66 bits per heavy atom. The Bertz CT molecular complexity index is 1230. The number of rotatable bonds is 3. The highest BCUT2D eigenvalue weighted by molar-refractivity contribution is 5.86. The van der Waals surface area contributed by atoms with Crippen LogP contribution in [-0.4, -0.2) is 27.3 Å². The van der Waals surface area contributed by atoms with Crippen molar-refractivity contribution in [2.24, 2.45) is 14.1 Å². The molecule has 4 aromatic rings. The minimum atomic E-state index is -0.000675. The number of H-pyrrole nitrogens is 1. The van der Waals surface area contributed by atoms with Crippen LogP contribution >= 0.6 is 0 Å². The van der Waals surface area contributed by atoms with E-state index in [2.05, 4.69) is 63.8 Å². The maximum atomic E-state index is 12.3. The molecule has 2 N–H and O–H groups in total. The predicted molar refractivity (Wildman–Crippen MR) is 115 cm³/mol. The van der Waals surface area contributed by atoms with Crippen molar-refractivity contribution in [1.82, 2.24) is 19.5 Å². The third-order valence-electron chi connectivity index (χ3n) is 6.15. The molecule has 1 saturated heterocycles. The molecular formula is C23H26N5O+. The minimum absolute atomic E-state index is 0.000675. The molecule has 0 unspecified atom stereocenters. The van der Waals surface area contributed by atoms with Gasteiger partial charge in [0, 0.05) is 45.6 Å². The van der Waals surface area contributed by atoms with Crippen LogP contribution in [0.25, 0.3) is 33.4 Å². The first-order chi connectivity index (χ1) is 14.1. The average molecular weight is 388 g/mol. The Morgan fingerprint density at radius 1 is 0.931 bits per heavy atom. The van der Waals surface area contributed by atoms with Crippen molar-refractivity contribution < 1.29 is 4.68 Å². The topological polar surface area (TPSA) is 58.6 Å². The molecule has 6 heteroatoms. The normalized spacial score (nSPS) is 15.2. The molecule has 0 spiro atoms. The summed E-state index contributed by atoms with van der Waals surface area (Å²) in [5.41, 5.74) is 6.57. The molecule has 2 aromatic heterocycles. The lowest BCUT2D eigenvalue weighted by molar-refractivity contribution is -0.765. The van der Waals surface area contributed by atoms with Gasteiger partial charge in [0.1, 0.15) is 0 Å². The van der Waals surface area contributed by atoms with Crippen LogP contribution in [0.2, 0.25) is 0 Å². The summed E-state index contributed by atoms with van der Waals surface area (Å²) >= 11 is 0. The zero-order valence-electron chi connectivity index (χ0n) is 16.9. The van der Waals surface area contributed by atoms with Crippen LogP contribution in [0.4, 0.5) is 0 Å². The summed E-state index contributed by atoms with van der Waals surface area (Å²) in [4.78, 5) is 12.3. The Hall–Kier alpha value is -3.12. The molecular weight excluding hydrogens is 362 g/mol. The highest BCUT2D eigenvalue weighted by Gasteiger charge is 2.31. The zero-order valence-corrected chi connectivity index (χ0v) is 16.9. The summed E-state index contributed by atoms with van der Waals surface area (Å²) in [7, 11) is 3.65. The number of nitrogens with one attached hydrogen (secondary N) is 2. The van der Waals surface area contributed by atoms with Gasteiger partial charge in [-0.05, 0) is 29.8 Å². The second-order valence-corrected chi connectivity index (χ2v) is 7.86. The van der Waals surface area contributed by atoms with Gasteiger partial charge in [-0.3, -0.25) is 9.13 Å². The Labute approximate surface area is 169 Å². The summed E-state index contributed by atoms with van der Waals surface area (Å²) in [5.74, 6) is 0. The molecule has 5 rings (SSSR count). The Morgan fingerprint density at radius 3 is 2.41 bits per heavy atom. The van der Waals surface area contributed by atoms with Crippen molar-refractivity contribution in [2.75, 3.05) is 13.1 Å². The zero-order chi connectivity index (χ0) is 20.0. The van der Waals surface area contributed by atoms with Crippen molar-refractivity contribution in [2.45, 2.75) is 18.9 Å². The molecule has 0 saturated carbocycles. The first-order valence-corrected chi connectivity index (χ1v) is 10.2. The largest absolute Gasteiger partial charge is 0.328 e. The van der Waals surface area contributed by atoms with E-state index in [1.165, 1.54) is 11.3 Å². The van der Waals surface area contributed by atoms with Crippen molar-refractivity contribution in [3.63, 3.8) is 0 Å². The predicted octanol–water partition coefficient (Wildman–Crippen LogP) is 2.75. The fourth-order valence-corrected chi connectivity index (χ4v) is 4.53. The number of piperidine rings is 1. The number of hydrogen-bond acceptors (Lipinski definition) is 2. The van der Waals surface area contributed by atoms with Crippen molar-refractivity contribution >= 4 is 11.0 Å². The lowest BCUT2D eigenvalue weighted by Crippen LogP contribution is -2.47. The van der Waals surface area contributed by atoms with E-state index in [4.69, 9.17) is 0 Å². The summed E-state index contributed by atoms with van der Waals surface area (Å²) < 4.78 is 5.75. The van der Waals surface area contributed by atoms with Gasteiger partial charge in [0.15, 0.2) is 6.04 Å². The van der Waals surface area contributed by atoms with Gasteiger partial charge in [0.2, 0.25) is 5.69 Å². The maximum Gasteiger partial charge on any atom is 0.328 e. The number of fused-ring (bicyclic) bond motifs is 1. The van der Waals surface area contributed by atoms with E-state index < -0.39 is 0 Å². The number of aryl methyl sites for hydroxylation is 2. The lowest BCUT2D eigenvalue weighted by Gasteiger charge is -2.18. The van der Waals surface area contributed by atoms with E-state index in [0.717, 1.165) is 48.1 Å². The number of aromatic nitrogens is 4. The molecule has 0 amide bonds. The first-order valence-electron chi connectivity index (χ1n) is 10.2. The summed E-state index contributed by atoms with van der Waals surface area (Å²) in [5, 5.41) is 6.99. The highest BCUT2D eigenvalue weighted by Crippen LogP contribution is 2.32. The molecule has 3 heterocycles. The molecule has 1 aliphatic heterocycles. The van der Waals surface area contributed by atoms with Crippen molar-refractivity contribution in [3.05, 3.63) is 65.2 Å². The lowest BCUT2D eigenvalue weighted by atomic mass is 9.99. The molecule has 2 aromatic carbocycles. The highest BCUT2D eigenvalue weighted by atomic mass is 16.1. The minimum Gasteiger partial charge on any atom is -0.316 e. The van der Waals surface area contributed by atoms with Gasteiger partial charge in [0.05, 0.1) is 22.8 Å². The van der Waals surface area contributed by atoms with E-state index in [1.807, 2.05) is 20.2 Å². The molecule has 0 radical (unpaired) electrons. The Balaban J connectivity index is 1.71. The summed E-state index contributed by atoms with van der Waals surface area (Å²) in [6.45, 7) is 2.08. The van der Waals surface area contributed by atoms with Crippen LogP contribution in [0.1, 0.15) is 18.9 Å². The monoisotopic (exact) mass is 388 g/mol. The molecule has 1 fully saturated rings. The van der Waals surface area contributed by atoms with E-state index in [0.29, 0.717) is 6.04 Å². The first kappa shape index (κ1) is 17.9. The van der Waals surface area contributed by atoms with Crippen molar-refractivity contribution in [1.29, 1.82) is 0 Å².